The second-order valence-electron chi connectivity index (χ2n) is 5.24. The molecular formula is C17H15Cl2NO5. The Kier molecular flexibility index (Phi) is 5.87. The predicted molar refractivity (Wildman–Crippen MR) is 92.7 cm³/mol. The summed E-state index contributed by atoms with van der Waals surface area (Å²) in [4.78, 5) is 38.9. The molecule has 0 saturated carbocycles. The number of methoxy groups -OCH3 is 1. The maximum Gasteiger partial charge on any atom is 0.340 e. The first-order valence-electron chi connectivity index (χ1n) is 7.19. The molecule has 1 heterocycles. The zero-order valence-corrected chi connectivity index (χ0v) is 15.2. The Balaban J connectivity index is 2.14. The molecule has 25 heavy (non-hydrogen) atoms. The van der Waals surface area contributed by atoms with Crippen LogP contribution in [0.5, 0.6) is 0 Å². The van der Waals surface area contributed by atoms with Crippen LogP contribution in [0, 0.1) is 13.8 Å². The van der Waals surface area contributed by atoms with Crippen molar-refractivity contribution < 1.29 is 23.9 Å². The zero-order valence-electron chi connectivity index (χ0n) is 13.7. The van der Waals surface area contributed by atoms with E-state index in [1.54, 1.807) is 13.8 Å². The van der Waals surface area contributed by atoms with E-state index in [0.717, 1.165) is 0 Å². The maximum absolute atomic E-state index is 12.3. The third kappa shape index (κ3) is 4.03. The Morgan fingerprint density at radius 1 is 1.12 bits per heavy atom. The van der Waals surface area contributed by atoms with E-state index < -0.39 is 24.3 Å². The summed E-state index contributed by atoms with van der Waals surface area (Å²) in [5.74, 6) is -1.80. The topological polar surface area (TPSA) is 85.5 Å². The number of hydrogen-bond donors (Lipinski definition) is 1. The van der Waals surface area contributed by atoms with Gasteiger partial charge in [0.05, 0.1) is 29.0 Å². The van der Waals surface area contributed by atoms with E-state index in [9.17, 15) is 14.4 Å². The molecule has 2 aromatic rings. The molecule has 0 aliphatic rings. The van der Waals surface area contributed by atoms with Gasteiger partial charge in [0.25, 0.3) is 0 Å². The molecule has 1 aromatic carbocycles. The van der Waals surface area contributed by atoms with Gasteiger partial charge in [0.2, 0.25) is 5.78 Å². The highest BCUT2D eigenvalue weighted by atomic mass is 35.5. The van der Waals surface area contributed by atoms with Crippen molar-refractivity contribution in [1.82, 2.24) is 4.98 Å². The van der Waals surface area contributed by atoms with Gasteiger partial charge in [0.1, 0.15) is 0 Å². The lowest BCUT2D eigenvalue weighted by Crippen LogP contribution is -2.16. The van der Waals surface area contributed by atoms with E-state index >= 15 is 0 Å². The van der Waals surface area contributed by atoms with E-state index in [-0.39, 0.29) is 21.8 Å². The van der Waals surface area contributed by atoms with Gasteiger partial charge >= 0.3 is 11.9 Å². The number of Topliss-reactive ketones (excluding diaryl/α,β-unsaturated/α-hetero) is 1. The highest BCUT2D eigenvalue weighted by molar-refractivity contribution is 6.35. The Bertz CT molecular complexity index is 857. The molecule has 2 rings (SSSR count). The highest BCUT2D eigenvalue weighted by Gasteiger charge is 2.23. The number of aryl methyl sites for hydroxylation is 1. The van der Waals surface area contributed by atoms with Crippen LogP contribution in [0.2, 0.25) is 10.0 Å². The van der Waals surface area contributed by atoms with Crippen LogP contribution in [-0.4, -0.2) is 36.4 Å². The van der Waals surface area contributed by atoms with Gasteiger partial charge in [0, 0.05) is 10.7 Å². The molecule has 0 bridgehead atoms. The lowest BCUT2D eigenvalue weighted by atomic mass is 10.1. The van der Waals surface area contributed by atoms with Crippen molar-refractivity contribution in [2.75, 3.05) is 13.7 Å². The fourth-order valence-corrected chi connectivity index (χ4v) is 2.74. The number of esters is 2. The monoisotopic (exact) mass is 383 g/mol. The van der Waals surface area contributed by atoms with Crippen LogP contribution in [0.15, 0.2) is 18.2 Å². The van der Waals surface area contributed by atoms with Crippen molar-refractivity contribution >= 4 is 40.9 Å². The fraction of sp³-hybridized carbons (Fsp3) is 0.235. The molecule has 0 amide bonds. The number of ether oxygens (including phenoxy) is 2. The highest BCUT2D eigenvalue weighted by Crippen LogP contribution is 2.22. The Labute approximate surface area is 154 Å². The Morgan fingerprint density at radius 2 is 1.80 bits per heavy atom. The van der Waals surface area contributed by atoms with Crippen molar-refractivity contribution in [3.05, 3.63) is 56.3 Å². The number of aromatic amines is 1. The summed E-state index contributed by atoms with van der Waals surface area (Å²) in [5, 5.41) is 0.489. The molecule has 0 spiro atoms. The Morgan fingerprint density at radius 3 is 2.44 bits per heavy atom. The van der Waals surface area contributed by atoms with Crippen molar-refractivity contribution in [2.24, 2.45) is 0 Å². The van der Waals surface area contributed by atoms with Gasteiger partial charge < -0.3 is 14.5 Å². The normalized spacial score (nSPS) is 10.4. The van der Waals surface area contributed by atoms with Crippen LogP contribution < -0.4 is 0 Å². The predicted octanol–water partition coefficient (Wildman–Crippen LogP) is 3.76. The van der Waals surface area contributed by atoms with E-state index in [2.05, 4.69) is 9.72 Å². The molecule has 0 atom stereocenters. The number of halogens is 2. The first-order valence-corrected chi connectivity index (χ1v) is 7.94. The number of carbonyl (C=O) groups excluding carboxylic acids is 3. The van der Waals surface area contributed by atoms with Crippen molar-refractivity contribution in [1.29, 1.82) is 0 Å². The zero-order chi connectivity index (χ0) is 18.7. The minimum atomic E-state index is -0.769. The average molecular weight is 384 g/mol. The maximum atomic E-state index is 12.3. The van der Waals surface area contributed by atoms with Gasteiger partial charge in [-0.05, 0) is 37.6 Å². The van der Waals surface area contributed by atoms with Gasteiger partial charge in [-0.1, -0.05) is 23.2 Å². The first kappa shape index (κ1) is 19.0. The van der Waals surface area contributed by atoms with Crippen LogP contribution in [0.4, 0.5) is 0 Å². The quantitative estimate of drug-likeness (QED) is 0.627. The summed E-state index contributed by atoms with van der Waals surface area (Å²) >= 11 is 11.7. The van der Waals surface area contributed by atoms with E-state index in [1.807, 2.05) is 0 Å². The van der Waals surface area contributed by atoms with Crippen molar-refractivity contribution in [3.8, 4) is 0 Å². The van der Waals surface area contributed by atoms with E-state index in [1.165, 1.54) is 25.3 Å². The SMILES string of the molecule is COC(=O)c1c(C)[nH]c(C(=O)COC(=O)c2cc(Cl)ccc2Cl)c1C. The molecule has 6 nitrogen and oxygen atoms in total. The minimum Gasteiger partial charge on any atom is -0.465 e. The average Bonchev–Trinajstić information content (AvgIpc) is 2.88. The number of rotatable bonds is 5. The molecule has 0 unspecified atom stereocenters. The number of aromatic nitrogens is 1. The van der Waals surface area contributed by atoms with Gasteiger partial charge in [-0.2, -0.15) is 0 Å². The van der Waals surface area contributed by atoms with Gasteiger partial charge in [0.15, 0.2) is 6.61 Å². The summed E-state index contributed by atoms with van der Waals surface area (Å²) in [6.07, 6.45) is 0. The molecule has 1 aromatic heterocycles. The van der Waals surface area contributed by atoms with Gasteiger partial charge in [-0.3, -0.25) is 4.79 Å². The second kappa shape index (κ2) is 7.72. The molecule has 0 saturated heterocycles. The van der Waals surface area contributed by atoms with Crippen molar-refractivity contribution in [3.63, 3.8) is 0 Å². The molecule has 0 radical (unpaired) electrons. The number of hydrogen-bond acceptors (Lipinski definition) is 5. The van der Waals surface area contributed by atoms with Crippen LogP contribution in [0.25, 0.3) is 0 Å². The smallest absolute Gasteiger partial charge is 0.340 e. The third-order valence-electron chi connectivity index (χ3n) is 3.59. The molecule has 0 aliphatic heterocycles. The minimum absolute atomic E-state index is 0.0663. The summed E-state index contributed by atoms with van der Waals surface area (Å²) < 4.78 is 9.69. The lowest BCUT2D eigenvalue weighted by Gasteiger charge is -2.06. The molecule has 0 aliphatic carbocycles. The van der Waals surface area contributed by atoms with Crippen molar-refractivity contribution in [2.45, 2.75) is 13.8 Å². The molecule has 1 N–H and O–H groups in total. The molecule has 132 valence electrons. The summed E-state index contributed by atoms with van der Waals surface area (Å²) in [7, 11) is 1.26. The number of H-pyrrole nitrogens is 1. The Hall–Kier alpha value is -2.31. The standard InChI is InChI=1S/C17H15Cl2NO5/c1-8-14(17(23)24-3)9(2)20-15(8)13(21)7-25-16(22)11-6-10(18)4-5-12(11)19/h4-6,20H,7H2,1-3H3. The fourth-order valence-electron chi connectivity index (χ4n) is 2.37. The molecule has 0 fully saturated rings. The number of benzene rings is 1. The largest absolute Gasteiger partial charge is 0.465 e. The first-order chi connectivity index (χ1) is 11.8. The lowest BCUT2D eigenvalue weighted by molar-refractivity contribution is 0.0473. The molecule has 8 heteroatoms. The second-order valence-corrected chi connectivity index (χ2v) is 6.08. The third-order valence-corrected chi connectivity index (χ3v) is 4.15. The van der Waals surface area contributed by atoms with Crippen LogP contribution >= 0.6 is 23.2 Å². The number of nitrogens with one attached hydrogen (secondary N) is 1. The number of ketones is 1. The number of carbonyl (C=O) groups is 3. The summed E-state index contributed by atoms with van der Waals surface area (Å²) in [6.45, 7) is 2.75. The summed E-state index contributed by atoms with van der Waals surface area (Å²) in [5.41, 5.74) is 1.47. The van der Waals surface area contributed by atoms with Gasteiger partial charge in [-0.25, -0.2) is 9.59 Å². The summed E-state index contributed by atoms with van der Waals surface area (Å²) in [6, 6.07) is 4.35. The van der Waals surface area contributed by atoms with Crippen LogP contribution in [0.1, 0.15) is 42.5 Å². The molecular weight excluding hydrogens is 369 g/mol. The van der Waals surface area contributed by atoms with E-state index in [4.69, 9.17) is 27.9 Å². The van der Waals surface area contributed by atoms with Gasteiger partial charge in [-0.15, -0.1) is 0 Å². The van der Waals surface area contributed by atoms with E-state index in [0.29, 0.717) is 16.3 Å². The van der Waals surface area contributed by atoms with Crippen LogP contribution in [0.3, 0.4) is 0 Å². The van der Waals surface area contributed by atoms with Crippen LogP contribution in [-0.2, 0) is 9.47 Å².